The number of aromatic nitrogens is 2. The van der Waals surface area contributed by atoms with Gasteiger partial charge in [-0.05, 0) is 74.7 Å². The molecule has 1 aromatic heterocycles. The average Bonchev–Trinajstić information content (AvgIpc) is 3.49. The first-order chi connectivity index (χ1) is 22.4. The van der Waals surface area contributed by atoms with Crippen molar-refractivity contribution in [3.05, 3.63) is 53.5 Å². The van der Waals surface area contributed by atoms with Gasteiger partial charge in [0.15, 0.2) is 16.6 Å². The molecule has 2 aliphatic rings. The topological polar surface area (TPSA) is 140 Å². The number of thiocarbonyl (C=S) groups is 1. The SMILES string of the molecule is CC.CCC(CC)NC(=S)NCCCCCC(=O)NC1CCN(C(=O)Nc2nccnc2C(=O)NC2Cc3ccccc3C2)CC1. The molecule has 0 bridgehead atoms. The third-order valence-corrected chi connectivity index (χ3v) is 8.62. The lowest BCUT2D eigenvalue weighted by atomic mass is 10.0. The summed E-state index contributed by atoms with van der Waals surface area (Å²) in [5, 5.41) is 16.2. The number of benzene rings is 1. The molecule has 4 amide bonds. The molecule has 11 nitrogen and oxygen atoms in total. The molecule has 0 unspecified atom stereocenters. The van der Waals surface area contributed by atoms with Crippen LogP contribution >= 0.6 is 12.2 Å². The standard InChI is InChI=1S/C32H46N8O3S.C2H6/c1-3-24(4-2)38-31(44)35-15-9-5-6-12-27(41)36-25-13-18-40(19-14-25)32(43)39-29-28(33-16-17-34-29)30(42)37-26-20-22-10-7-8-11-23(22)21-26;1-2/h7-8,10-11,16-17,24-26H,3-6,9,12-15,18-21H2,1-2H3,(H,36,41)(H,37,42)(H,34,39,43)(H2,35,38,44);1-2H3. The lowest BCUT2D eigenvalue weighted by Crippen LogP contribution is -2.48. The van der Waals surface area contributed by atoms with Crippen molar-refractivity contribution in [3.8, 4) is 0 Å². The normalized spacial score (nSPS) is 14.5. The molecule has 2 aromatic rings. The maximum Gasteiger partial charge on any atom is 0.323 e. The van der Waals surface area contributed by atoms with Crippen molar-refractivity contribution >= 4 is 41.0 Å². The first-order valence-electron chi connectivity index (χ1n) is 16.9. The van der Waals surface area contributed by atoms with E-state index in [1.54, 1.807) is 4.90 Å². The molecule has 1 aromatic carbocycles. The Labute approximate surface area is 279 Å². The van der Waals surface area contributed by atoms with Gasteiger partial charge in [0.1, 0.15) is 0 Å². The van der Waals surface area contributed by atoms with Crippen LogP contribution in [0.4, 0.5) is 10.6 Å². The number of hydrogen-bond donors (Lipinski definition) is 5. The van der Waals surface area contributed by atoms with Gasteiger partial charge < -0.3 is 26.2 Å². The van der Waals surface area contributed by atoms with E-state index in [0.717, 1.165) is 51.5 Å². The molecule has 0 saturated carbocycles. The van der Waals surface area contributed by atoms with Crippen LogP contribution in [0.15, 0.2) is 36.7 Å². The minimum atomic E-state index is -0.360. The molecule has 252 valence electrons. The lowest BCUT2D eigenvalue weighted by molar-refractivity contribution is -0.122. The number of carbonyl (C=O) groups excluding carboxylic acids is 3. The number of piperidine rings is 1. The molecule has 0 atom stereocenters. The minimum absolute atomic E-state index is 0.0257. The third kappa shape index (κ3) is 11.5. The lowest BCUT2D eigenvalue weighted by Gasteiger charge is -2.32. The monoisotopic (exact) mass is 652 g/mol. The zero-order chi connectivity index (χ0) is 33.3. The van der Waals surface area contributed by atoms with E-state index in [-0.39, 0.29) is 41.4 Å². The molecular formula is C34H52N8O3S. The van der Waals surface area contributed by atoms with Crippen LogP contribution < -0.4 is 26.6 Å². The smallest absolute Gasteiger partial charge is 0.323 e. The molecule has 0 radical (unpaired) electrons. The molecule has 2 heterocycles. The van der Waals surface area contributed by atoms with Gasteiger partial charge in [-0.15, -0.1) is 0 Å². The second kappa shape index (κ2) is 19.7. The number of unbranched alkanes of at least 4 members (excludes halogenated alkanes) is 2. The number of nitrogens with zero attached hydrogens (tertiary/aromatic N) is 3. The highest BCUT2D eigenvalue weighted by Gasteiger charge is 2.27. The summed E-state index contributed by atoms with van der Waals surface area (Å²) in [5.41, 5.74) is 2.56. The van der Waals surface area contributed by atoms with Crippen molar-refractivity contribution in [3.63, 3.8) is 0 Å². The summed E-state index contributed by atoms with van der Waals surface area (Å²) in [5.74, 6) is -0.172. The van der Waals surface area contributed by atoms with E-state index in [4.69, 9.17) is 12.2 Å². The van der Waals surface area contributed by atoms with Crippen LogP contribution in [0.3, 0.4) is 0 Å². The van der Waals surface area contributed by atoms with E-state index in [1.165, 1.54) is 23.5 Å². The number of likely N-dealkylation sites (tertiary alicyclic amines) is 1. The summed E-state index contributed by atoms with van der Waals surface area (Å²) < 4.78 is 0. The predicted octanol–water partition coefficient (Wildman–Crippen LogP) is 4.73. The maximum absolute atomic E-state index is 13.1. The highest BCUT2D eigenvalue weighted by molar-refractivity contribution is 7.80. The second-order valence-corrected chi connectivity index (χ2v) is 12.0. The number of nitrogens with one attached hydrogen (secondary N) is 5. The Morgan fingerprint density at radius 3 is 2.22 bits per heavy atom. The zero-order valence-electron chi connectivity index (χ0n) is 27.9. The van der Waals surface area contributed by atoms with Gasteiger partial charge in [-0.3, -0.25) is 14.9 Å². The molecule has 1 aliphatic carbocycles. The first-order valence-corrected chi connectivity index (χ1v) is 17.3. The predicted molar refractivity (Wildman–Crippen MR) is 187 cm³/mol. The van der Waals surface area contributed by atoms with Crippen molar-refractivity contribution in [1.29, 1.82) is 0 Å². The van der Waals surface area contributed by atoms with Crippen molar-refractivity contribution in [2.45, 2.75) is 110 Å². The van der Waals surface area contributed by atoms with Crippen molar-refractivity contribution in [1.82, 2.24) is 36.1 Å². The Morgan fingerprint density at radius 2 is 1.57 bits per heavy atom. The third-order valence-electron chi connectivity index (χ3n) is 8.36. The number of amides is 4. The minimum Gasteiger partial charge on any atom is -0.363 e. The molecule has 4 rings (SSSR count). The molecule has 0 spiro atoms. The van der Waals surface area contributed by atoms with E-state index in [1.807, 2.05) is 26.0 Å². The van der Waals surface area contributed by atoms with Crippen LogP contribution in [0.2, 0.25) is 0 Å². The molecular weight excluding hydrogens is 600 g/mol. The van der Waals surface area contributed by atoms with Crippen LogP contribution in [0.5, 0.6) is 0 Å². The van der Waals surface area contributed by atoms with E-state index in [0.29, 0.717) is 43.5 Å². The number of urea groups is 1. The van der Waals surface area contributed by atoms with Gasteiger partial charge in [-0.1, -0.05) is 58.4 Å². The van der Waals surface area contributed by atoms with Gasteiger partial charge in [-0.2, -0.15) is 0 Å². The highest BCUT2D eigenvalue weighted by atomic mass is 32.1. The second-order valence-electron chi connectivity index (χ2n) is 11.6. The Morgan fingerprint density at radius 1 is 0.913 bits per heavy atom. The number of anilines is 1. The Balaban J connectivity index is 0.00000282. The number of rotatable bonds is 13. The van der Waals surface area contributed by atoms with Gasteiger partial charge in [0.05, 0.1) is 0 Å². The molecule has 1 fully saturated rings. The van der Waals surface area contributed by atoms with Gasteiger partial charge in [-0.25, -0.2) is 14.8 Å². The fourth-order valence-electron chi connectivity index (χ4n) is 5.74. The summed E-state index contributed by atoms with van der Waals surface area (Å²) in [6.45, 7) is 10.1. The highest BCUT2D eigenvalue weighted by Crippen LogP contribution is 2.22. The van der Waals surface area contributed by atoms with Crippen molar-refractivity contribution < 1.29 is 14.4 Å². The number of fused-ring (bicyclic) bond motifs is 1. The van der Waals surface area contributed by atoms with Gasteiger partial charge in [0, 0.05) is 56.6 Å². The summed E-state index contributed by atoms with van der Waals surface area (Å²) in [6.07, 6.45) is 11.1. The van der Waals surface area contributed by atoms with Gasteiger partial charge in [0.2, 0.25) is 5.91 Å². The summed E-state index contributed by atoms with van der Waals surface area (Å²) in [6, 6.07) is 8.25. The van der Waals surface area contributed by atoms with E-state index in [9.17, 15) is 14.4 Å². The van der Waals surface area contributed by atoms with Crippen molar-refractivity contribution in [2.75, 3.05) is 25.0 Å². The fourth-order valence-corrected chi connectivity index (χ4v) is 6.00. The molecule has 1 aliphatic heterocycles. The fraction of sp³-hybridized carbons (Fsp3) is 0.588. The number of carbonyl (C=O) groups is 3. The summed E-state index contributed by atoms with van der Waals surface area (Å²) in [7, 11) is 0. The summed E-state index contributed by atoms with van der Waals surface area (Å²) >= 11 is 5.34. The van der Waals surface area contributed by atoms with Gasteiger partial charge >= 0.3 is 6.03 Å². The van der Waals surface area contributed by atoms with Gasteiger partial charge in [0.25, 0.3) is 5.91 Å². The molecule has 5 N–H and O–H groups in total. The van der Waals surface area contributed by atoms with E-state index >= 15 is 0 Å². The molecule has 12 heteroatoms. The van der Waals surface area contributed by atoms with Crippen LogP contribution in [0, 0.1) is 0 Å². The van der Waals surface area contributed by atoms with Crippen LogP contribution in [-0.2, 0) is 17.6 Å². The van der Waals surface area contributed by atoms with E-state index in [2.05, 4.69) is 62.5 Å². The van der Waals surface area contributed by atoms with E-state index < -0.39 is 0 Å². The van der Waals surface area contributed by atoms with Crippen molar-refractivity contribution in [2.24, 2.45) is 0 Å². The molecule has 1 saturated heterocycles. The van der Waals surface area contributed by atoms with Crippen LogP contribution in [0.25, 0.3) is 0 Å². The van der Waals surface area contributed by atoms with Crippen LogP contribution in [0.1, 0.15) is 101 Å². The first kappa shape index (κ1) is 36.7. The van der Waals surface area contributed by atoms with Crippen LogP contribution in [-0.4, -0.2) is 75.6 Å². The average molecular weight is 653 g/mol. The molecule has 46 heavy (non-hydrogen) atoms. The quantitative estimate of drug-likeness (QED) is 0.155. The largest absolute Gasteiger partial charge is 0.363 e. The Kier molecular flexibility index (Phi) is 15.7. The Hall–Kier alpha value is -3.80. The summed E-state index contributed by atoms with van der Waals surface area (Å²) in [4.78, 5) is 48.7. The maximum atomic E-state index is 13.1. The number of hydrogen-bond acceptors (Lipinski definition) is 6. The Bertz CT molecular complexity index is 1260. The zero-order valence-corrected chi connectivity index (χ0v) is 28.7.